The van der Waals surface area contributed by atoms with E-state index in [1.54, 1.807) is 4.68 Å². The smallest absolute Gasteiger partial charge is 0.332 e. The first-order chi connectivity index (χ1) is 14.3. The predicted molar refractivity (Wildman–Crippen MR) is 112 cm³/mol. The molecule has 2 N–H and O–H groups in total. The van der Waals surface area contributed by atoms with Gasteiger partial charge >= 0.3 is 5.97 Å². The molecule has 1 aromatic heterocycles. The van der Waals surface area contributed by atoms with Crippen LogP contribution >= 0.6 is 0 Å². The topological polar surface area (TPSA) is 102 Å². The number of hydrogen-bond acceptors (Lipinski definition) is 5. The Balaban J connectivity index is 1.65. The van der Waals surface area contributed by atoms with Crippen molar-refractivity contribution in [3.8, 4) is 5.69 Å². The molecule has 0 bridgehead atoms. The largest absolute Gasteiger partial charge is 0.454 e. The lowest BCUT2D eigenvalue weighted by Crippen LogP contribution is -2.56. The number of hydrogen-bond donors (Lipinski definition) is 2. The molecule has 0 radical (unpaired) electrons. The van der Waals surface area contributed by atoms with Gasteiger partial charge in [-0.2, -0.15) is 5.10 Å². The summed E-state index contributed by atoms with van der Waals surface area (Å²) in [5.41, 5.74) is 1.89. The minimum absolute atomic E-state index is 0.280. The number of amides is 2. The maximum atomic E-state index is 12.7. The first kappa shape index (κ1) is 21.5. The van der Waals surface area contributed by atoms with Crippen LogP contribution in [0.4, 0.5) is 5.69 Å². The summed E-state index contributed by atoms with van der Waals surface area (Å²) in [5, 5.41) is 10.0. The number of aromatic nitrogens is 2. The fourth-order valence-corrected chi connectivity index (χ4v) is 3.96. The van der Waals surface area contributed by atoms with E-state index in [9.17, 15) is 14.4 Å². The fourth-order valence-electron chi connectivity index (χ4n) is 3.96. The van der Waals surface area contributed by atoms with Crippen molar-refractivity contribution in [3.63, 3.8) is 0 Å². The summed E-state index contributed by atoms with van der Waals surface area (Å²) in [6, 6.07) is 9.61. The van der Waals surface area contributed by atoms with Gasteiger partial charge in [0.25, 0.3) is 5.91 Å². The molecule has 0 aliphatic heterocycles. The molecule has 1 fully saturated rings. The zero-order valence-electron chi connectivity index (χ0n) is 17.7. The lowest BCUT2D eigenvalue weighted by molar-refractivity contribution is -0.157. The second-order valence-electron chi connectivity index (χ2n) is 7.74. The predicted octanol–water partition coefficient (Wildman–Crippen LogP) is 2.81. The molecule has 1 saturated carbocycles. The fraction of sp³-hybridized carbons (Fsp3) is 0.455. The Morgan fingerprint density at radius 1 is 1.10 bits per heavy atom. The number of rotatable bonds is 6. The van der Waals surface area contributed by atoms with Gasteiger partial charge < -0.3 is 15.4 Å². The Bertz CT molecular complexity index is 930. The summed E-state index contributed by atoms with van der Waals surface area (Å²) in [7, 11) is 0. The number of nitrogens with zero attached hydrogens (tertiary/aromatic N) is 2. The summed E-state index contributed by atoms with van der Waals surface area (Å²) >= 11 is 0. The number of esters is 1. The Hall–Kier alpha value is -3.16. The van der Waals surface area contributed by atoms with E-state index in [0.29, 0.717) is 24.2 Å². The van der Waals surface area contributed by atoms with Crippen LogP contribution in [0, 0.1) is 13.8 Å². The number of carbonyl (C=O) groups is 3. The maximum Gasteiger partial charge on any atom is 0.332 e. The molecule has 0 unspecified atom stereocenters. The molecule has 1 aromatic carbocycles. The van der Waals surface area contributed by atoms with Crippen LogP contribution in [0.3, 0.4) is 0 Å². The minimum atomic E-state index is -1.03. The van der Waals surface area contributed by atoms with Crippen molar-refractivity contribution in [3.05, 3.63) is 41.7 Å². The van der Waals surface area contributed by atoms with E-state index in [2.05, 4.69) is 15.7 Å². The zero-order chi connectivity index (χ0) is 21.7. The van der Waals surface area contributed by atoms with Crippen LogP contribution < -0.4 is 10.6 Å². The molecule has 0 saturated heterocycles. The molecule has 0 atom stereocenters. The number of aryl methyl sites for hydroxylation is 1. The highest BCUT2D eigenvalue weighted by molar-refractivity contribution is 5.95. The van der Waals surface area contributed by atoms with Crippen LogP contribution in [0.2, 0.25) is 0 Å². The Morgan fingerprint density at radius 2 is 1.77 bits per heavy atom. The lowest BCUT2D eigenvalue weighted by atomic mass is 9.81. The third kappa shape index (κ3) is 4.69. The lowest BCUT2D eigenvalue weighted by Gasteiger charge is -2.35. The standard InChI is InChI=1S/C22H28N4O4/c1-15-20(16(2)26(25-15)18-10-6-4-7-11-18)23-19(28)14-30-21(29)22(24-17(3)27)12-8-5-9-13-22/h4,6-7,10-11H,5,8-9,12-14H2,1-3H3,(H,23,28)(H,24,27). The van der Waals surface area contributed by atoms with Gasteiger partial charge in [-0.05, 0) is 38.8 Å². The van der Waals surface area contributed by atoms with E-state index in [4.69, 9.17) is 4.74 Å². The Morgan fingerprint density at radius 3 is 2.40 bits per heavy atom. The quantitative estimate of drug-likeness (QED) is 0.711. The Kier molecular flexibility index (Phi) is 6.54. The second-order valence-corrected chi connectivity index (χ2v) is 7.74. The number of ether oxygens (including phenoxy) is 1. The van der Waals surface area contributed by atoms with E-state index < -0.39 is 24.0 Å². The highest BCUT2D eigenvalue weighted by atomic mass is 16.5. The minimum Gasteiger partial charge on any atom is -0.454 e. The van der Waals surface area contributed by atoms with Crippen molar-refractivity contribution in [1.29, 1.82) is 0 Å². The number of anilines is 1. The summed E-state index contributed by atoms with van der Waals surface area (Å²) in [6.45, 7) is 4.63. The Labute approximate surface area is 176 Å². The average Bonchev–Trinajstić information content (AvgIpc) is 3.01. The monoisotopic (exact) mass is 412 g/mol. The second kappa shape index (κ2) is 9.11. The number of carbonyl (C=O) groups excluding carboxylic acids is 3. The molecular formula is C22H28N4O4. The van der Waals surface area contributed by atoms with Crippen molar-refractivity contribution < 1.29 is 19.1 Å². The van der Waals surface area contributed by atoms with E-state index in [0.717, 1.165) is 30.6 Å². The van der Waals surface area contributed by atoms with Gasteiger partial charge in [0.05, 0.1) is 22.8 Å². The van der Waals surface area contributed by atoms with Crippen molar-refractivity contribution >= 4 is 23.5 Å². The van der Waals surface area contributed by atoms with E-state index in [1.807, 2.05) is 44.2 Å². The molecule has 0 spiro atoms. The first-order valence-electron chi connectivity index (χ1n) is 10.2. The highest BCUT2D eigenvalue weighted by Gasteiger charge is 2.42. The summed E-state index contributed by atoms with van der Waals surface area (Å²) in [5.74, 6) is -1.28. The number of para-hydroxylation sites is 1. The van der Waals surface area contributed by atoms with Gasteiger partial charge in [0.1, 0.15) is 5.54 Å². The third-order valence-electron chi connectivity index (χ3n) is 5.40. The van der Waals surface area contributed by atoms with Crippen LogP contribution in [-0.2, 0) is 19.1 Å². The third-order valence-corrected chi connectivity index (χ3v) is 5.40. The summed E-state index contributed by atoms with van der Waals surface area (Å²) in [4.78, 5) is 36.8. The highest BCUT2D eigenvalue weighted by Crippen LogP contribution is 2.29. The summed E-state index contributed by atoms with van der Waals surface area (Å²) in [6.07, 6.45) is 3.72. The molecule has 8 heteroatoms. The van der Waals surface area contributed by atoms with Gasteiger partial charge in [-0.3, -0.25) is 9.59 Å². The molecule has 1 heterocycles. The normalized spacial score (nSPS) is 15.3. The van der Waals surface area contributed by atoms with Gasteiger partial charge in [0.15, 0.2) is 6.61 Å². The maximum absolute atomic E-state index is 12.7. The van der Waals surface area contributed by atoms with E-state index >= 15 is 0 Å². The molecule has 1 aliphatic rings. The molecular weight excluding hydrogens is 384 g/mol. The van der Waals surface area contributed by atoms with Crippen molar-refractivity contribution in [2.24, 2.45) is 0 Å². The van der Waals surface area contributed by atoms with Crippen LogP contribution in [-0.4, -0.2) is 39.7 Å². The molecule has 1 aliphatic carbocycles. The van der Waals surface area contributed by atoms with Crippen LogP contribution in [0.25, 0.3) is 5.69 Å². The molecule has 2 amide bonds. The molecule has 160 valence electrons. The van der Waals surface area contributed by atoms with Gasteiger partial charge in [-0.1, -0.05) is 37.5 Å². The van der Waals surface area contributed by atoms with Gasteiger partial charge in [0, 0.05) is 6.92 Å². The zero-order valence-corrected chi connectivity index (χ0v) is 17.7. The van der Waals surface area contributed by atoms with E-state index in [-0.39, 0.29) is 5.91 Å². The SMILES string of the molecule is CC(=O)NC1(C(=O)OCC(=O)Nc2c(C)nn(-c3ccccc3)c2C)CCCCC1. The van der Waals surface area contributed by atoms with Crippen molar-refractivity contribution in [2.45, 2.75) is 58.4 Å². The molecule has 30 heavy (non-hydrogen) atoms. The molecule has 8 nitrogen and oxygen atoms in total. The van der Waals surface area contributed by atoms with Crippen LogP contribution in [0.15, 0.2) is 30.3 Å². The van der Waals surface area contributed by atoms with Gasteiger partial charge in [0.2, 0.25) is 5.91 Å². The van der Waals surface area contributed by atoms with Crippen molar-refractivity contribution in [2.75, 3.05) is 11.9 Å². The van der Waals surface area contributed by atoms with Crippen LogP contribution in [0.1, 0.15) is 50.4 Å². The van der Waals surface area contributed by atoms with E-state index in [1.165, 1.54) is 6.92 Å². The summed E-state index contributed by atoms with van der Waals surface area (Å²) < 4.78 is 7.05. The first-order valence-corrected chi connectivity index (χ1v) is 10.2. The van der Waals surface area contributed by atoms with Crippen molar-refractivity contribution in [1.82, 2.24) is 15.1 Å². The molecule has 3 rings (SSSR count). The van der Waals surface area contributed by atoms with Gasteiger partial charge in [-0.15, -0.1) is 0 Å². The molecule has 2 aromatic rings. The average molecular weight is 412 g/mol. The van der Waals surface area contributed by atoms with Crippen LogP contribution in [0.5, 0.6) is 0 Å². The van der Waals surface area contributed by atoms with Gasteiger partial charge in [-0.25, -0.2) is 9.48 Å². The number of nitrogens with one attached hydrogen (secondary N) is 2. The number of benzene rings is 1.